The van der Waals surface area contributed by atoms with Crippen molar-refractivity contribution in [1.82, 2.24) is 4.98 Å². The van der Waals surface area contributed by atoms with Gasteiger partial charge in [-0.15, -0.1) is 0 Å². The Kier molecular flexibility index (Phi) is 5.05. The van der Waals surface area contributed by atoms with Crippen LogP contribution in [0.25, 0.3) is 0 Å². The molecule has 0 unspecified atom stereocenters. The average molecular weight is 336 g/mol. The van der Waals surface area contributed by atoms with Crippen LogP contribution in [0.4, 0.5) is 0 Å². The summed E-state index contributed by atoms with van der Waals surface area (Å²) >= 11 is 0. The minimum absolute atomic E-state index is 0.0118. The van der Waals surface area contributed by atoms with Crippen LogP contribution in [-0.4, -0.2) is 29.8 Å². The van der Waals surface area contributed by atoms with Crippen molar-refractivity contribution in [1.29, 1.82) is 5.26 Å². The highest BCUT2D eigenvalue weighted by Crippen LogP contribution is 2.31. The Hall–Kier alpha value is -3.20. The largest absolute Gasteiger partial charge is 0.486 e. The number of hydrogen-bond acceptors (Lipinski definition) is 6. The molecule has 0 radical (unpaired) electrons. The van der Waals surface area contributed by atoms with E-state index in [1.54, 1.807) is 36.4 Å². The summed E-state index contributed by atoms with van der Waals surface area (Å²) in [6.07, 6.45) is 1.55. The molecule has 0 bridgehead atoms. The summed E-state index contributed by atoms with van der Waals surface area (Å²) in [5.41, 5.74) is 0.866. The van der Waals surface area contributed by atoms with Gasteiger partial charge in [0.2, 0.25) is 0 Å². The fourth-order valence-corrected chi connectivity index (χ4v) is 2.59. The molecule has 1 aliphatic heterocycles. The van der Waals surface area contributed by atoms with Crippen molar-refractivity contribution in [3.8, 4) is 17.6 Å². The van der Waals surface area contributed by atoms with Gasteiger partial charge in [0, 0.05) is 24.6 Å². The van der Waals surface area contributed by atoms with Gasteiger partial charge in [0.05, 0.1) is 11.8 Å². The van der Waals surface area contributed by atoms with Gasteiger partial charge in [-0.1, -0.05) is 6.07 Å². The zero-order valence-corrected chi connectivity index (χ0v) is 13.5. The first-order chi connectivity index (χ1) is 12.2. The molecule has 0 saturated carbocycles. The second-order valence-electron chi connectivity index (χ2n) is 5.56. The summed E-state index contributed by atoms with van der Waals surface area (Å²) in [5, 5.41) is 9.24. The molecule has 2 aromatic rings. The highest BCUT2D eigenvalue weighted by atomic mass is 16.6. The lowest BCUT2D eigenvalue weighted by atomic mass is 9.95. The summed E-state index contributed by atoms with van der Waals surface area (Å²) < 4.78 is 10.9. The minimum Gasteiger partial charge on any atom is -0.486 e. The lowest BCUT2D eigenvalue weighted by molar-refractivity contribution is -0.119. The first-order valence-corrected chi connectivity index (χ1v) is 7.95. The Balaban J connectivity index is 1.64. The SMILES string of the molecule is N#C[C@H](C(=O)CCC(=O)c1ccc2c(c1)OCCO2)c1ccccn1. The second-order valence-corrected chi connectivity index (χ2v) is 5.56. The number of pyridine rings is 1. The van der Waals surface area contributed by atoms with Gasteiger partial charge in [-0.05, 0) is 30.3 Å². The third-order valence-corrected chi connectivity index (χ3v) is 3.90. The lowest BCUT2D eigenvalue weighted by Gasteiger charge is -2.18. The molecule has 2 heterocycles. The molecule has 0 aliphatic carbocycles. The van der Waals surface area contributed by atoms with Crippen LogP contribution in [0, 0.1) is 11.3 Å². The summed E-state index contributed by atoms with van der Waals surface area (Å²) in [6, 6.07) is 12.0. The van der Waals surface area contributed by atoms with E-state index in [1.165, 1.54) is 6.20 Å². The lowest BCUT2D eigenvalue weighted by Crippen LogP contribution is -2.16. The summed E-state index contributed by atoms with van der Waals surface area (Å²) in [4.78, 5) is 28.7. The third kappa shape index (κ3) is 3.83. The van der Waals surface area contributed by atoms with E-state index in [9.17, 15) is 14.9 Å². The van der Waals surface area contributed by atoms with Gasteiger partial charge in [0.1, 0.15) is 19.1 Å². The van der Waals surface area contributed by atoms with Crippen molar-refractivity contribution in [2.45, 2.75) is 18.8 Å². The predicted octanol–water partition coefficient (Wildman–Crippen LogP) is 2.69. The number of carbonyl (C=O) groups is 2. The predicted molar refractivity (Wildman–Crippen MR) is 88.6 cm³/mol. The Labute approximate surface area is 145 Å². The number of ether oxygens (including phenoxy) is 2. The number of rotatable bonds is 6. The van der Waals surface area contributed by atoms with Crippen LogP contribution in [-0.2, 0) is 4.79 Å². The van der Waals surface area contributed by atoms with Gasteiger partial charge in [-0.2, -0.15) is 5.26 Å². The van der Waals surface area contributed by atoms with Crippen LogP contribution in [0.1, 0.15) is 34.8 Å². The number of carbonyl (C=O) groups excluding carboxylic acids is 2. The monoisotopic (exact) mass is 336 g/mol. The Bertz CT molecular complexity index is 827. The molecule has 0 saturated heterocycles. The number of nitriles is 1. The molecule has 0 spiro atoms. The molecule has 1 aromatic heterocycles. The smallest absolute Gasteiger partial charge is 0.163 e. The molecule has 1 atom stereocenters. The minimum atomic E-state index is -0.950. The summed E-state index contributed by atoms with van der Waals surface area (Å²) in [7, 11) is 0. The molecule has 3 rings (SSSR count). The van der Waals surface area contributed by atoms with Crippen LogP contribution < -0.4 is 9.47 Å². The zero-order valence-electron chi connectivity index (χ0n) is 13.5. The van der Waals surface area contributed by atoms with E-state index < -0.39 is 5.92 Å². The number of aromatic nitrogens is 1. The third-order valence-electron chi connectivity index (χ3n) is 3.90. The van der Waals surface area contributed by atoms with E-state index >= 15 is 0 Å². The maximum atomic E-state index is 12.3. The molecule has 0 amide bonds. The number of hydrogen-bond donors (Lipinski definition) is 0. The molecule has 0 fully saturated rings. The van der Waals surface area contributed by atoms with Gasteiger partial charge in [-0.25, -0.2) is 0 Å². The molecule has 1 aliphatic rings. The number of fused-ring (bicyclic) bond motifs is 1. The van der Waals surface area contributed by atoms with Crippen LogP contribution in [0.15, 0.2) is 42.6 Å². The van der Waals surface area contributed by atoms with Crippen molar-refractivity contribution in [2.24, 2.45) is 0 Å². The highest BCUT2D eigenvalue weighted by Gasteiger charge is 2.22. The Morgan fingerprint density at radius 2 is 1.92 bits per heavy atom. The molecular weight excluding hydrogens is 320 g/mol. The van der Waals surface area contributed by atoms with Gasteiger partial charge in [0.25, 0.3) is 0 Å². The molecule has 126 valence electrons. The summed E-state index contributed by atoms with van der Waals surface area (Å²) in [5.74, 6) is -0.296. The van der Waals surface area contributed by atoms with Crippen molar-refractivity contribution in [2.75, 3.05) is 13.2 Å². The maximum absolute atomic E-state index is 12.3. The normalized spacial score (nSPS) is 13.6. The number of Topliss-reactive ketones (excluding diaryl/α,β-unsaturated/α-hetero) is 2. The fraction of sp³-hybridized carbons (Fsp3) is 0.263. The van der Waals surface area contributed by atoms with Crippen LogP contribution in [0.5, 0.6) is 11.5 Å². The Morgan fingerprint density at radius 3 is 2.64 bits per heavy atom. The molecule has 1 aromatic carbocycles. The fourth-order valence-electron chi connectivity index (χ4n) is 2.59. The van der Waals surface area contributed by atoms with Crippen LogP contribution in [0.2, 0.25) is 0 Å². The maximum Gasteiger partial charge on any atom is 0.163 e. The van der Waals surface area contributed by atoms with Crippen LogP contribution >= 0.6 is 0 Å². The first-order valence-electron chi connectivity index (χ1n) is 7.95. The van der Waals surface area contributed by atoms with Crippen LogP contribution in [0.3, 0.4) is 0 Å². The van der Waals surface area contributed by atoms with Gasteiger partial charge < -0.3 is 9.47 Å². The van der Waals surface area contributed by atoms with E-state index in [0.29, 0.717) is 36.0 Å². The van der Waals surface area contributed by atoms with Gasteiger partial charge in [0.15, 0.2) is 23.1 Å². The standard InChI is InChI=1S/C19H16N2O4/c20-12-14(15-3-1-2-8-21-15)17(23)6-5-16(22)13-4-7-18-19(11-13)25-10-9-24-18/h1-4,7-8,11,14H,5-6,9-10H2/t14-/m0/s1. The van der Waals surface area contributed by atoms with Crippen molar-refractivity contribution in [3.05, 3.63) is 53.9 Å². The molecule has 25 heavy (non-hydrogen) atoms. The van der Waals surface area contributed by atoms with Crippen molar-refractivity contribution in [3.63, 3.8) is 0 Å². The number of benzene rings is 1. The zero-order chi connectivity index (χ0) is 17.6. The van der Waals surface area contributed by atoms with Gasteiger partial charge >= 0.3 is 0 Å². The van der Waals surface area contributed by atoms with E-state index in [2.05, 4.69) is 4.98 Å². The van der Waals surface area contributed by atoms with E-state index in [-0.39, 0.29) is 24.4 Å². The molecule has 0 N–H and O–H groups in total. The van der Waals surface area contributed by atoms with Gasteiger partial charge in [-0.3, -0.25) is 14.6 Å². The van der Waals surface area contributed by atoms with E-state index in [0.717, 1.165) is 0 Å². The number of nitrogens with zero attached hydrogens (tertiary/aromatic N) is 2. The van der Waals surface area contributed by atoms with Crippen molar-refractivity contribution >= 4 is 11.6 Å². The van der Waals surface area contributed by atoms with E-state index in [1.807, 2.05) is 6.07 Å². The number of ketones is 2. The quantitative estimate of drug-likeness (QED) is 0.754. The second kappa shape index (κ2) is 7.58. The first kappa shape index (κ1) is 16.7. The molecule has 6 heteroatoms. The van der Waals surface area contributed by atoms with Crippen molar-refractivity contribution < 1.29 is 19.1 Å². The summed E-state index contributed by atoms with van der Waals surface area (Å²) in [6.45, 7) is 0.926. The molecular formula is C19H16N2O4. The Morgan fingerprint density at radius 1 is 1.12 bits per heavy atom. The highest BCUT2D eigenvalue weighted by molar-refractivity contribution is 5.99. The van der Waals surface area contributed by atoms with E-state index in [4.69, 9.17) is 9.47 Å². The topological polar surface area (TPSA) is 89.3 Å². The molecule has 6 nitrogen and oxygen atoms in total. The average Bonchev–Trinajstić information content (AvgIpc) is 2.67.